The van der Waals surface area contributed by atoms with Gasteiger partial charge >= 0.3 is 12.2 Å². The molecule has 0 radical (unpaired) electrons. The van der Waals surface area contributed by atoms with Crippen molar-refractivity contribution in [2.24, 2.45) is 0 Å². The Morgan fingerprint density at radius 3 is 2.64 bits per heavy atom. The monoisotopic (exact) mass is 669 g/mol. The van der Waals surface area contributed by atoms with Gasteiger partial charge in [-0.2, -0.15) is 23.1 Å². The van der Waals surface area contributed by atoms with Gasteiger partial charge in [-0.25, -0.2) is 9.37 Å². The fraction of sp³-hybridized carbons (Fsp3) is 0.333. The molecule has 0 saturated carbocycles. The van der Waals surface area contributed by atoms with E-state index in [4.69, 9.17) is 27.1 Å². The number of likely N-dealkylation sites (N-methyl/N-ethyl adjacent to an activating group) is 1. The van der Waals surface area contributed by atoms with E-state index in [9.17, 15) is 18.0 Å². The van der Waals surface area contributed by atoms with Crippen molar-refractivity contribution in [3.63, 3.8) is 0 Å². The number of rotatable bonds is 5. The maximum absolute atomic E-state index is 16.8. The number of amides is 1. The van der Waals surface area contributed by atoms with Crippen LogP contribution in [0.1, 0.15) is 29.2 Å². The highest BCUT2D eigenvalue weighted by molar-refractivity contribution is 6.34. The number of carbonyl (C=O) groups is 1. The second kappa shape index (κ2) is 12.3. The average Bonchev–Trinajstić information content (AvgIpc) is 2.99. The minimum Gasteiger partial charge on any atom is -0.424 e. The van der Waals surface area contributed by atoms with Gasteiger partial charge in [-0.05, 0) is 62.7 Å². The van der Waals surface area contributed by atoms with Crippen molar-refractivity contribution < 1.29 is 27.1 Å². The molecule has 6 rings (SSSR count). The molecule has 1 fully saturated rings. The molecule has 4 heterocycles. The number of hydrogen-bond donors (Lipinski definition) is 1. The minimum atomic E-state index is -4.88. The first-order valence-electron chi connectivity index (χ1n) is 15.0. The quantitative estimate of drug-likeness (QED) is 0.193. The average molecular weight is 670 g/mol. The topological polar surface area (TPSA) is 101 Å². The Labute approximate surface area is 273 Å². The summed E-state index contributed by atoms with van der Waals surface area (Å²) in [7, 11) is 2.02. The van der Waals surface area contributed by atoms with Crippen molar-refractivity contribution >= 4 is 40.0 Å². The van der Waals surface area contributed by atoms with Crippen molar-refractivity contribution in [2.45, 2.75) is 39.0 Å². The molecule has 0 aliphatic carbocycles. The van der Waals surface area contributed by atoms with Gasteiger partial charge in [0.1, 0.15) is 22.9 Å². The molecule has 0 spiro atoms. The summed E-state index contributed by atoms with van der Waals surface area (Å²) in [4.78, 5) is 31.1. The molecule has 2 aromatic heterocycles. The van der Waals surface area contributed by atoms with E-state index in [0.29, 0.717) is 38.3 Å². The van der Waals surface area contributed by atoms with Crippen LogP contribution in [0.3, 0.4) is 0 Å². The van der Waals surface area contributed by atoms with E-state index in [2.05, 4.69) is 21.4 Å². The lowest BCUT2D eigenvalue weighted by atomic mass is 9.98. The highest BCUT2D eigenvalue weighted by atomic mass is 35.5. The molecule has 1 atom stereocenters. The highest BCUT2D eigenvalue weighted by Crippen LogP contribution is 2.45. The lowest BCUT2D eigenvalue weighted by Crippen LogP contribution is -2.53. The summed E-state index contributed by atoms with van der Waals surface area (Å²) in [5, 5.41) is -0.171. The summed E-state index contributed by atoms with van der Waals surface area (Å²) in [5.41, 5.74) is 4.85. The van der Waals surface area contributed by atoms with Crippen molar-refractivity contribution in [3.05, 3.63) is 76.1 Å². The van der Waals surface area contributed by atoms with Crippen LogP contribution in [-0.2, 0) is 23.9 Å². The Hall–Kier alpha value is -4.49. The number of nitrogens with two attached hydrogens (primary N) is 1. The largest absolute Gasteiger partial charge is 0.424 e. The molecule has 1 unspecified atom stereocenters. The fourth-order valence-electron chi connectivity index (χ4n) is 6.39. The van der Waals surface area contributed by atoms with Gasteiger partial charge in [0, 0.05) is 49.7 Å². The molecule has 1 saturated heterocycles. The standard InChI is InChI=1S/C33H32ClF4N7O2/c1-5-25(46)44-11-12-45(18(3)15-44)31-21-14-22(34)26(30-27(33(36,37)38)17(2)13-24(39)40-30)28(35)29(21)41-32(42-31)47-23-8-6-7-19-16-43(4)10-9-20(19)23/h5-8,13-14,18H,1,9-12,15-16H2,2-4H3,(H2,39,40). The molecule has 1 amide bonds. The third-order valence-electron chi connectivity index (χ3n) is 8.60. The van der Waals surface area contributed by atoms with Crippen molar-refractivity contribution in [1.82, 2.24) is 24.8 Å². The van der Waals surface area contributed by atoms with E-state index in [0.717, 1.165) is 23.7 Å². The third kappa shape index (κ3) is 6.05. The van der Waals surface area contributed by atoms with Gasteiger partial charge < -0.3 is 25.2 Å². The van der Waals surface area contributed by atoms with Gasteiger partial charge in [-0.3, -0.25) is 4.79 Å². The lowest BCUT2D eigenvalue weighted by molar-refractivity contribution is -0.137. The van der Waals surface area contributed by atoms with Crippen LogP contribution in [-0.4, -0.2) is 69.9 Å². The summed E-state index contributed by atoms with van der Waals surface area (Å²) in [6.45, 7) is 9.14. The second-order valence-electron chi connectivity index (χ2n) is 11.9. The first kappa shape index (κ1) is 32.5. The molecule has 2 aliphatic heterocycles. The number of halogens is 5. The van der Waals surface area contributed by atoms with Gasteiger partial charge in [0.25, 0.3) is 0 Å². The maximum atomic E-state index is 16.8. The Bertz CT molecular complexity index is 1920. The molecular formula is C33H32ClF4N7O2. The van der Waals surface area contributed by atoms with Crippen LogP contribution in [0, 0.1) is 12.7 Å². The Balaban J connectivity index is 1.56. The normalized spacial score (nSPS) is 17.1. The molecule has 2 aromatic carbocycles. The van der Waals surface area contributed by atoms with Gasteiger partial charge in [0.15, 0.2) is 5.82 Å². The zero-order chi connectivity index (χ0) is 33.8. The molecule has 2 aliphatic rings. The molecule has 2 N–H and O–H groups in total. The molecule has 9 nitrogen and oxygen atoms in total. The van der Waals surface area contributed by atoms with Crippen LogP contribution in [0.15, 0.2) is 43.0 Å². The first-order valence-corrected chi connectivity index (χ1v) is 15.3. The Kier molecular flexibility index (Phi) is 8.47. The van der Waals surface area contributed by atoms with E-state index in [1.807, 2.05) is 31.0 Å². The fourth-order valence-corrected chi connectivity index (χ4v) is 6.67. The van der Waals surface area contributed by atoms with E-state index in [-0.39, 0.29) is 51.1 Å². The predicted octanol–water partition coefficient (Wildman–Crippen LogP) is 6.40. The van der Waals surface area contributed by atoms with E-state index in [1.165, 1.54) is 19.1 Å². The van der Waals surface area contributed by atoms with Crippen molar-refractivity contribution in [2.75, 3.05) is 43.9 Å². The highest BCUT2D eigenvalue weighted by Gasteiger charge is 2.39. The van der Waals surface area contributed by atoms with Crippen LogP contribution in [0.5, 0.6) is 11.8 Å². The second-order valence-corrected chi connectivity index (χ2v) is 12.3. The summed E-state index contributed by atoms with van der Waals surface area (Å²) in [6, 6.07) is 7.54. The molecule has 4 aromatic rings. The SMILES string of the molecule is C=CC(=O)N1CCN(c2nc(Oc3cccc4c3CCN(C)C4)nc3c(F)c(-c4nc(N)cc(C)c4C(F)(F)F)c(Cl)cc23)C(C)C1. The zero-order valence-corrected chi connectivity index (χ0v) is 26.7. The molecule has 14 heteroatoms. The number of anilines is 2. The van der Waals surface area contributed by atoms with Crippen LogP contribution >= 0.6 is 11.6 Å². The molecule has 246 valence electrons. The Morgan fingerprint density at radius 2 is 1.94 bits per heavy atom. The van der Waals surface area contributed by atoms with Crippen LogP contribution in [0.4, 0.5) is 29.2 Å². The van der Waals surface area contributed by atoms with Crippen LogP contribution in [0.25, 0.3) is 22.2 Å². The summed E-state index contributed by atoms with van der Waals surface area (Å²) in [5.74, 6) is -0.829. The Morgan fingerprint density at radius 1 is 1.17 bits per heavy atom. The number of nitrogen functional groups attached to an aromatic ring is 1. The predicted molar refractivity (Wildman–Crippen MR) is 172 cm³/mol. The number of ether oxygens (including phenoxy) is 1. The lowest BCUT2D eigenvalue weighted by Gasteiger charge is -2.40. The van der Waals surface area contributed by atoms with Crippen molar-refractivity contribution in [3.8, 4) is 23.0 Å². The van der Waals surface area contributed by atoms with Gasteiger partial charge in [-0.1, -0.05) is 30.3 Å². The number of piperazine rings is 1. The number of pyridine rings is 1. The molecule has 47 heavy (non-hydrogen) atoms. The minimum absolute atomic E-state index is 0.157. The number of benzene rings is 2. The number of aromatic nitrogens is 3. The number of nitrogens with zero attached hydrogens (tertiary/aromatic N) is 6. The summed E-state index contributed by atoms with van der Waals surface area (Å²) in [6.07, 6.45) is -2.94. The number of carbonyl (C=O) groups excluding carboxylic acids is 1. The third-order valence-corrected chi connectivity index (χ3v) is 8.90. The van der Waals surface area contributed by atoms with Gasteiger partial charge in [0.2, 0.25) is 5.91 Å². The molecule has 0 bridgehead atoms. The number of alkyl halides is 3. The smallest absolute Gasteiger partial charge is 0.418 e. The van der Waals surface area contributed by atoms with E-state index < -0.39 is 28.8 Å². The van der Waals surface area contributed by atoms with Gasteiger partial charge in [0.05, 0.1) is 21.8 Å². The molecular weight excluding hydrogens is 638 g/mol. The van der Waals surface area contributed by atoms with Crippen molar-refractivity contribution in [1.29, 1.82) is 0 Å². The van der Waals surface area contributed by atoms with Crippen LogP contribution in [0.2, 0.25) is 5.02 Å². The summed E-state index contributed by atoms with van der Waals surface area (Å²) < 4.78 is 65.9. The van der Waals surface area contributed by atoms with E-state index >= 15 is 4.39 Å². The summed E-state index contributed by atoms with van der Waals surface area (Å²) >= 11 is 6.60. The van der Waals surface area contributed by atoms with Crippen LogP contribution < -0.4 is 15.4 Å². The number of fused-ring (bicyclic) bond motifs is 2. The van der Waals surface area contributed by atoms with Gasteiger partial charge in [-0.15, -0.1) is 0 Å². The number of hydrogen-bond acceptors (Lipinski definition) is 8. The first-order chi connectivity index (χ1) is 22.3. The van der Waals surface area contributed by atoms with E-state index in [1.54, 1.807) is 11.0 Å². The maximum Gasteiger partial charge on any atom is 0.418 e. The zero-order valence-electron chi connectivity index (χ0n) is 26.0. The number of aryl methyl sites for hydroxylation is 1.